The Morgan fingerprint density at radius 1 is 0.894 bits per heavy atom. The van der Waals surface area contributed by atoms with E-state index in [-0.39, 0.29) is 43.1 Å². The van der Waals surface area contributed by atoms with E-state index in [2.05, 4.69) is 16.8 Å². The first kappa shape index (κ1) is 52.9. The fraction of sp³-hybridized carbons (Fsp3) is 0.700. The lowest BCUT2D eigenvalue weighted by molar-refractivity contribution is -0.313. The monoisotopic (exact) mass is 926 g/mol. The van der Waals surface area contributed by atoms with Crippen LogP contribution in [0, 0.1) is 23.7 Å². The molecule has 0 bridgehead atoms. The second kappa shape index (κ2) is 21.9. The van der Waals surface area contributed by atoms with Gasteiger partial charge in [0.15, 0.2) is 30.1 Å². The summed E-state index contributed by atoms with van der Waals surface area (Å²) < 4.78 is 59.7. The third-order valence-corrected chi connectivity index (χ3v) is 14.2. The van der Waals surface area contributed by atoms with Crippen LogP contribution in [0.3, 0.4) is 0 Å². The van der Waals surface area contributed by atoms with Crippen LogP contribution in [0.5, 0.6) is 0 Å². The second-order valence-electron chi connectivity index (χ2n) is 19.6. The highest BCUT2D eigenvalue weighted by atomic mass is 16.7. The van der Waals surface area contributed by atoms with Crippen molar-refractivity contribution in [2.75, 3.05) is 28.3 Å². The smallest absolute Gasteiger partial charge is 0.420 e. The summed E-state index contributed by atoms with van der Waals surface area (Å²) in [5, 5.41) is 0. The van der Waals surface area contributed by atoms with Crippen LogP contribution < -0.4 is 0 Å². The summed E-state index contributed by atoms with van der Waals surface area (Å²) in [5.74, 6) is -3.77. The molecular weight excluding hydrogens is 851 g/mol. The van der Waals surface area contributed by atoms with E-state index >= 15 is 0 Å². The molecule has 66 heavy (non-hydrogen) atoms. The standard InChI is InChI=1S/C50H75N3O13/c1-16-38-48(9,66-47(57)53-23-22-51-28-53)25-29(2)40(54)30(3)26-49(10,58-14)42(65-46-32(5)37(52(12)13)24-31(4)60-46)33(6)41(34(7)44(55)62-38)63-39-27-50(11,59-15)43(35(8)61-39)64-45(56)36-20-18-17-19-21-36/h17-23,25,28,30-35,37-39,41-43,46H,16,24,26-27H2,1-15H3/b29-25+/t30-,31-,32-,33+,34-,35+,37+,38-,39+,41+,42-,43+,46+,48+,49-,50-/m1/s1. The highest BCUT2D eigenvalue weighted by Gasteiger charge is 2.54. The van der Waals surface area contributed by atoms with Gasteiger partial charge in [0, 0.05) is 56.8 Å². The lowest BCUT2D eigenvalue weighted by Gasteiger charge is -2.50. The largest absolute Gasteiger partial charge is 0.457 e. The van der Waals surface area contributed by atoms with Crippen LogP contribution in [0.2, 0.25) is 0 Å². The van der Waals surface area contributed by atoms with Crippen molar-refractivity contribution in [1.29, 1.82) is 0 Å². The molecule has 2 aromatic rings. The summed E-state index contributed by atoms with van der Waals surface area (Å²) in [4.78, 5) is 62.4. The van der Waals surface area contributed by atoms with Gasteiger partial charge in [-0.3, -0.25) is 9.59 Å². The highest BCUT2D eigenvalue weighted by molar-refractivity contribution is 5.96. The normalized spacial score (nSPS) is 39.3. The number of Topliss-reactive ketones (excluding diaryl/α,β-unsaturated/α-hetero) is 1. The molecule has 0 N–H and O–H groups in total. The number of carbonyl (C=O) groups is 4. The van der Waals surface area contributed by atoms with E-state index in [0.29, 0.717) is 11.1 Å². The van der Waals surface area contributed by atoms with Crippen LogP contribution in [0.25, 0.3) is 0 Å². The van der Waals surface area contributed by atoms with E-state index in [1.807, 2.05) is 61.7 Å². The van der Waals surface area contributed by atoms with Crippen LogP contribution >= 0.6 is 0 Å². The number of nitrogens with zero attached hydrogens (tertiary/aromatic N) is 3. The molecule has 3 aliphatic rings. The van der Waals surface area contributed by atoms with Gasteiger partial charge in [-0.2, -0.15) is 0 Å². The third-order valence-electron chi connectivity index (χ3n) is 14.2. The zero-order valence-electron chi connectivity index (χ0n) is 41.7. The van der Waals surface area contributed by atoms with Gasteiger partial charge >= 0.3 is 18.0 Å². The predicted octanol–water partition coefficient (Wildman–Crippen LogP) is 7.42. The van der Waals surface area contributed by atoms with Gasteiger partial charge in [-0.15, -0.1) is 0 Å². The molecule has 16 atom stereocenters. The minimum atomic E-state index is -1.60. The number of carbonyl (C=O) groups excluding carboxylic acids is 4. The third kappa shape index (κ3) is 11.8. The number of imidazole rings is 1. The maximum Gasteiger partial charge on any atom is 0.420 e. The zero-order chi connectivity index (χ0) is 48.9. The number of methoxy groups -OCH3 is 2. The van der Waals surface area contributed by atoms with Crippen molar-refractivity contribution in [3.63, 3.8) is 0 Å². The average Bonchev–Trinajstić information content (AvgIpc) is 3.83. The van der Waals surface area contributed by atoms with Gasteiger partial charge < -0.3 is 47.5 Å². The van der Waals surface area contributed by atoms with Gasteiger partial charge in [0.25, 0.3) is 0 Å². The number of benzene rings is 1. The van der Waals surface area contributed by atoms with Gasteiger partial charge in [-0.25, -0.2) is 19.1 Å². The van der Waals surface area contributed by atoms with Gasteiger partial charge in [0.05, 0.1) is 41.5 Å². The summed E-state index contributed by atoms with van der Waals surface area (Å²) in [6.45, 7) is 20.2. The molecule has 16 heteroatoms. The maximum atomic E-state index is 14.9. The van der Waals surface area contributed by atoms with E-state index in [9.17, 15) is 19.2 Å². The SMILES string of the molecule is CC[C@H]1OC(=O)[C@H](C)[C@@H](O[C@H]2C[C@@](C)(OC)[C@@H](OC(=O)c3ccccc3)[C@H](C)O2)[C@H](C)[C@@H](O[C@@H]2O[C@H](C)C[C@H](N(C)C)[C@H]2C)[C@](C)(OC)C[C@@H](C)C(=O)/C(C)=C/[C@]1(C)OC(=O)n1ccnc1. The fourth-order valence-corrected chi connectivity index (χ4v) is 10.2. The molecule has 0 radical (unpaired) electrons. The van der Waals surface area contributed by atoms with Crippen LogP contribution in [0.1, 0.15) is 112 Å². The van der Waals surface area contributed by atoms with Crippen LogP contribution in [-0.4, -0.2) is 139 Å². The highest BCUT2D eigenvalue weighted by Crippen LogP contribution is 2.43. The zero-order valence-corrected chi connectivity index (χ0v) is 41.7. The molecule has 0 saturated carbocycles. The fourth-order valence-electron chi connectivity index (χ4n) is 10.2. The van der Waals surface area contributed by atoms with Crippen molar-refractivity contribution in [2.45, 2.75) is 174 Å². The van der Waals surface area contributed by atoms with Crippen molar-refractivity contribution in [1.82, 2.24) is 14.5 Å². The van der Waals surface area contributed by atoms with Crippen molar-refractivity contribution in [2.24, 2.45) is 23.7 Å². The van der Waals surface area contributed by atoms with Crippen molar-refractivity contribution in [3.8, 4) is 0 Å². The summed E-state index contributed by atoms with van der Waals surface area (Å²) in [6, 6.07) is 8.83. The summed E-state index contributed by atoms with van der Waals surface area (Å²) in [5.41, 5.74) is -3.16. The first-order valence-electron chi connectivity index (χ1n) is 23.3. The molecule has 3 aliphatic heterocycles. The van der Waals surface area contributed by atoms with Gasteiger partial charge in [0.2, 0.25) is 0 Å². The molecule has 2 saturated heterocycles. The lowest BCUT2D eigenvalue weighted by atomic mass is 9.76. The summed E-state index contributed by atoms with van der Waals surface area (Å²) >= 11 is 0. The molecule has 4 heterocycles. The molecule has 0 unspecified atom stereocenters. The van der Waals surface area contributed by atoms with E-state index in [1.54, 1.807) is 72.3 Å². The number of hydrogen-bond donors (Lipinski definition) is 0. The molecule has 0 amide bonds. The van der Waals surface area contributed by atoms with Crippen LogP contribution in [0.15, 0.2) is 60.7 Å². The van der Waals surface area contributed by atoms with Gasteiger partial charge in [-0.1, -0.05) is 45.9 Å². The van der Waals surface area contributed by atoms with Crippen molar-refractivity contribution in [3.05, 3.63) is 66.3 Å². The Hall–Kier alpha value is -4.03. The average molecular weight is 926 g/mol. The van der Waals surface area contributed by atoms with Crippen molar-refractivity contribution >= 4 is 23.8 Å². The summed E-state index contributed by atoms with van der Waals surface area (Å²) in [7, 11) is 7.21. The molecule has 1 aromatic heterocycles. The molecule has 0 aliphatic carbocycles. The Kier molecular flexibility index (Phi) is 17.6. The number of ketones is 1. The Bertz CT molecular complexity index is 1980. The molecule has 1 aromatic carbocycles. The molecule has 2 fully saturated rings. The van der Waals surface area contributed by atoms with E-state index in [0.717, 1.165) is 6.42 Å². The number of cyclic esters (lactones) is 1. The Balaban J connectivity index is 1.61. The lowest BCUT2D eigenvalue weighted by Crippen LogP contribution is -2.60. The molecule has 0 spiro atoms. The van der Waals surface area contributed by atoms with Crippen LogP contribution in [-0.2, 0) is 52.2 Å². The summed E-state index contributed by atoms with van der Waals surface area (Å²) in [6.07, 6.45) is 0.0666. The van der Waals surface area contributed by atoms with Gasteiger partial charge in [0.1, 0.15) is 18.0 Å². The molecule has 16 nitrogen and oxygen atoms in total. The molecule has 368 valence electrons. The topological polar surface area (TPSA) is 172 Å². The number of allylic oxidation sites excluding steroid dienone is 1. The number of hydrogen-bond acceptors (Lipinski definition) is 15. The Morgan fingerprint density at radius 2 is 1.55 bits per heavy atom. The first-order valence-corrected chi connectivity index (χ1v) is 23.3. The Morgan fingerprint density at radius 3 is 2.14 bits per heavy atom. The van der Waals surface area contributed by atoms with Gasteiger partial charge in [-0.05, 0) is 106 Å². The van der Waals surface area contributed by atoms with E-state index in [1.165, 1.54) is 23.3 Å². The predicted molar refractivity (Wildman–Crippen MR) is 244 cm³/mol. The second-order valence-corrected chi connectivity index (χ2v) is 19.6. The minimum absolute atomic E-state index is 0.0860. The molecular formula is C50H75N3O13. The maximum absolute atomic E-state index is 14.9. The number of esters is 2. The first-order chi connectivity index (χ1) is 31.0. The quantitative estimate of drug-likeness (QED) is 0.161. The van der Waals surface area contributed by atoms with Crippen molar-refractivity contribution < 1.29 is 61.8 Å². The van der Waals surface area contributed by atoms with Crippen LogP contribution in [0.4, 0.5) is 4.79 Å². The number of ether oxygens (including phenoxy) is 9. The minimum Gasteiger partial charge on any atom is -0.457 e. The van der Waals surface area contributed by atoms with E-state index in [4.69, 9.17) is 42.6 Å². The molecule has 5 rings (SSSR count). The number of aromatic nitrogens is 2. The Labute approximate surface area is 391 Å². The van der Waals surface area contributed by atoms with E-state index < -0.39 is 95.7 Å². The number of rotatable bonds is 11.